The van der Waals surface area contributed by atoms with Crippen molar-refractivity contribution in [1.82, 2.24) is 15.8 Å². The first-order valence-corrected chi connectivity index (χ1v) is 11.4. The molecule has 0 aromatic heterocycles. The smallest absolute Gasteiger partial charge is 0.124 e. The van der Waals surface area contributed by atoms with Gasteiger partial charge in [0.25, 0.3) is 0 Å². The summed E-state index contributed by atoms with van der Waals surface area (Å²) in [5.41, 5.74) is 8.67. The lowest BCUT2D eigenvalue weighted by Gasteiger charge is -2.35. The van der Waals surface area contributed by atoms with Crippen LogP contribution in [0.3, 0.4) is 0 Å². The molecule has 0 spiro atoms. The first-order chi connectivity index (χ1) is 14.9. The Morgan fingerprint density at radius 1 is 1.06 bits per heavy atom. The molecule has 4 rings (SSSR count). The zero-order valence-corrected chi connectivity index (χ0v) is 19.1. The fourth-order valence-electron chi connectivity index (χ4n) is 4.76. The number of halogens is 1. The van der Waals surface area contributed by atoms with Gasteiger partial charge in [0.2, 0.25) is 0 Å². The molecule has 0 amide bonds. The number of nitrogens with zero attached hydrogens (tertiary/aromatic N) is 1. The molecular formula is C24H32ClN3O3. The lowest BCUT2D eigenvalue weighted by Crippen LogP contribution is -2.46. The number of aromatic hydroxyl groups is 1. The summed E-state index contributed by atoms with van der Waals surface area (Å²) in [5, 5.41) is 11.5. The molecule has 31 heavy (non-hydrogen) atoms. The van der Waals surface area contributed by atoms with Gasteiger partial charge in [0.05, 0.1) is 18.2 Å². The number of phenolic OH excluding ortho intramolecular Hbond substituents is 1. The van der Waals surface area contributed by atoms with Crippen LogP contribution in [0.1, 0.15) is 43.9 Å². The number of benzene rings is 2. The third-order valence-electron chi connectivity index (χ3n) is 6.13. The molecule has 2 aliphatic rings. The average Bonchev–Trinajstić information content (AvgIpc) is 3.09. The summed E-state index contributed by atoms with van der Waals surface area (Å²) in [6, 6.07) is 13.7. The van der Waals surface area contributed by atoms with Crippen molar-refractivity contribution in [1.29, 1.82) is 0 Å². The average molecular weight is 446 g/mol. The maximum Gasteiger partial charge on any atom is 0.124 e. The fraction of sp³-hybridized carbons (Fsp3) is 0.500. The Hall–Kier alpha value is -1.83. The second kappa shape index (κ2) is 9.76. The van der Waals surface area contributed by atoms with Crippen molar-refractivity contribution >= 4 is 11.6 Å². The molecule has 2 aromatic rings. The molecule has 2 aromatic carbocycles. The van der Waals surface area contributed by atoms with Crippen molar-refractivity contribution in [2.24, 2.45) is 0 Å². The van der Waals surface area contributed by atoms with Crippen molar-refractivity contribution in [3.05, 3.63) is 58.6 Å². The highest BCUT2D eigenvalue weighted by atomic mass is 35.5. The van der Waals surface area contributed by atoms with E-state index in [9.17, 15) is 5.11 Å². The van der Waals surface area contributed by atoms with Gasteiger partial charge in [0, 0.05) is 48.2 Å². The predicted octanol–water partition coefficient (Wildman–Crippen LogP) is 3.85. The number of hydrazine groups is 1. The number of phenols is 1. The van der Waals surface area contributed by atoms with Crippen LogP contribution in [0.2, 0.25) is 5.02 Å². The number of rotatable bonds is 6. The van der Waals surface area contributed by atoms with Gasteiger partial charge in [-0.25, -0.2) is 5.43 Å². The highest BCUT2D eigenvalue weighted by molar-refractivity contribution is 6.30. The van der Waals surface area contributed by atoms with Gasteiger partial charge in [-0.1, -0.05) is 29.8 Å². The van der Waals surface area contributed by atoms with E-state index in [2.05, 4.69) is 36.5 Å². The van der Waals surface area contributed by atoms with Crippen LogP contribution in [0, 0.1) is 0 Å². The minimum atomic E-state index is -0.0541. The molecule has 168 valence electrons. The molecular weight excluding hydrogens is 414 g/mol. The highest BCUT2D eigenvalue weighted by Gasteiger charge is 2.36. The molecule has 2 fully saturated rings. The number of nitrogens with one attached hydrogen (secondary N) is 2. The van der Waals surface area contributed by atoms with Crippen LogP contribution in [-0.4, -0.2) is 54.5 Å². The molecule has 0 aliphatic carbocycles. The number of morpholine rings is 1. The Kier molecular flexibility index (Phi) is 7.04. The van der Waals surface area contributed by atoms with E-state index >= 15 is 0 Å². The van der Waals surface area contributed by atoms with E-state index in [0.29, 0.717) is 12.4 Å². The van der Waals surface area contributed by atoms with Gasteiger partial charge in [-0.2, -0.15) is 0 Å². The largest absolute Gasteiger partial charge is 0.507 e. The zero-order valence-electron chi connectivity index (χ0n) is 18.3. The SMILES string of the molecule is CC1CN(CCOc2ccc(C3NNC(C)C3c3ccc(Cl)cc3)c(O)c2)CC(C)O1. The predicted molar refractivity (Wildman–Crippen MR) is 123 cm³/mol. The molecule has 3 N–H and O–H groups in total. The minimum absolute atomic E-state index is 0.0541. The third-order valence-corrected chi connectivity index (χ3v) is 6.38. The topological polar surface area (TPSA) is 66.0 Å². The fourth-order valence-corrected chi connectivity index (χ4v) is 4.89. The Labute approximate surface area is 189 Å². The maximum absolute atomic E-state index is 10.8. The van der Waals surface area contributed by atoms with Gasteiger partial charge >= 0.3 is 0 Å². The molecule has 0 radical (unpaired) electrons. The van der Waals surface area contributed by atoms with Crippen LogP contribution in [0.4, 0.5) is 0 Å². The zero-order chi connectivity index (χ0) is 22.0. The second-order valence-electron chi connectivity index (χ2n) is 8.72. The number of hydrogen-bond donors (Lipinski definition) is 3. The van der Waals surface area contributed by atoms with Gasteiger partial charge in [-0.3, -0.25) is 10.3 Å². The maximum atomic E-state index is 10.8. The van der Waals surface area contributed by atoms with Gasteiger partial charge in [-0.05, 0) is 44.5 Å². The Morgan fingerprint density at radius 2 is 1.77 bits per heavy atom. The molecule has 0 saturated carbocycles. The summed E-state index contributed by atoms with van der Waals surface area (Å²) in [5.74, 6) is 1.08. The molecule has 2 aliphatic heterocycles. The first-order valence-electron chi connectivity index (χ1n) is 11.0. The summed E-state index contributed by atoms with van der Waals surface area (Å²) in [6.07, 6.45) is 0.492. The molecule has 6 nitrogen and oxygen atoms in total. The van der Waals surface area contributed by atoms with Crippen molar-refractivity contribution in [3.8, 4) is 11.5 Å². The third kappa shape index (κ3) is 5.33. The summed E-state index contributed by atoms with van der Waals surface area (Å²) in [7, 11) is 0. The van der Waals surface area contributed by atoms with Crippen LogP contribution >= 0.6 is 11.6 Å². The van der Waals surface area contributed by atoms with E-state index in [4.69, 9.17) is 21.1 Å². The van der Waals surface area contributed by atoms with Crippen molar-refractivity contribution in [2.45, 2.75) is 51.0 Å². The summed E-state index contributed by atoms with van der Waals surface area (Å²) >= 11 is 6.06. The number of ether oxygens (including phenoxy) is 2. The van der Waals surface area contributed by atoms with Crippen LogP contribution < -0.4 is 15.6 Å². The second-order valence-corrected chi connectivity index (χ2v) is 9.15. The molecule has 5 unspecified atom stereocenters. The lowest BCUT2D eigenvalue weighted by molar-refractivity contribution is -0.0699. The molecule has 5 atom stereocenters. The van der Waals surface area contributed by atoms with E-state index in [0.717, 1.165) is 30.2 Å². The van der Waals surface area contributed by atoms with Crippen LogP contribution in [0.25, 0.3) is 0 Å². The Bertz CT molecular complexity index is 869. The van der Waals surface area contributed by atoms with Crippen LogP contribution in [-0.2, 0) is 4.74 Å². The Balaban J connectivity index is 1.40. The summed E-state index contributed by atoms with van der Waals surface area (Å²) < 4.78 is 11.7. The van der Waals surface area contributed by atoms with E-state index < -0.39 is 0 Å². The normalized spacial score (nSPS) is 29.2. The van der Waals surface area contributed by atoms with E-state index in [1.165, 1.54) is 5.56 Å². The van der Waals surface area contributed by atoms with Crippen LogP contribution in [0.15, 0.2) is 42.5 Å². The quantitative estimate of drug-likeness (QED) is 0.627. The summed E-state index contributed by atoms with van der Waals surface area (Å²) in [6.45, 7) is 9.59. The van der Waals surface area contributed by atoms with Gasteiger partial charge in [0.15, 0.2) is 0 Å². The van der Waals surface area contributed by atoms with Gasteiger partial charge in [0.1, 0.15) is 18.1 Å². The minimum Gasteiger partial charge on any atom is -0.507 e. The highest BCUT2D eigenvalue weighted by Crippen LogP contribution is 2.41. The number of hydrogen-bond acceptors (Lipinski definition) is 6. The first kappa shape index (κ1) is 22.4. The van der Waals surface area contributed by atoms with Gasteiger partial charge in [-0.15, -0.1) is 0 Å². The van der Waals surface area contributed by atoms with Crippen molar-refractivity contribution in [3.63, 3.8) is 0 Å². The van der Waals surface area contributed by atoms with Gasteiger partial charge < -0.3 is 14.6 Å². The Morgan fingerprint density at radius 3 is 2.45 bits per heavy atom. The van der Waals surface area contributed by atoms with E-state index in [1.807, 2.05) is 36.4 Å². The molecule has 2 heterocycles. The van der Waals surface area contributed by atoms with Crippen molar-refractivity contribution in [2.75, 3.05) is 26.2 Å². The van der Waals surface area contributed by atoms with E-state index in [-0.39, 0.29) is 36.0 Å². The summed E-state index contributed by atoms with van der Waals surface area (Å²) in [4.78, 5) is 2.36. The lowest BCUT2D eigenvalue weighted by atomic mass is 9.84. The molecule has 2 saturated heterocycles. The molecule has 7 heteroatoms. The van der Waals surface area contributed by atoms with Crippen LogP contribution in [0.5, 0.6) is 11.5 Å². The monoisotopic (exact) mass is 445 g/mol. The van der Waals surface area contributed by atoms with Crippen molar-refractivity contribution < 1.29 is 14.6 Å². The standard InChI is InChI=1S/C24H32ClN3O3/c1-15-13-28(14-16(2)31-15)10-11-30-20-8-9-21(22(29)12-20)24-23(17(3)26-27-24)18-4-6-19(25)7-5-18/h4-9,12,15-17,23-24,26-27,29H,10-11,13-14H2,1-3H3. The molecule has 0 bridgehead atoms. The van der Waals surface area contributed by atoms with E-state index in [1.54, 1.807) is 6.07 Å².